The van der Waals surface area contributed by atoms with Crippen molar-refractivity contribution < 1.29 is 22.8 Å². The number of rotatable bonds is 1. The van der Waals surface area contributed by atoms with Gasteiger partial charge in [0.1, 0.15) is 10.9 Å². The average molecular weight is 316 g/mol. The molecule has 3 heterocycles. The summed E-state index contributed by atoms with van der Waals surface area (Å²) in [5.74, 6) is -0.897. The van der Waals surface area contributed by atoms with E-state index < -0.39 is 23.0 Å². The van der Waals surface area contributed by atoms with Gasteiger partial charge in [0.15, 0.2) is 0 Å². The minimum Gasteiger partial charge on any atom is -0.329 e. The van der Waals surface area contributed by atoms with E-state index in [1.807, 2.05) is 0 Å². The molecule has 1 unspecified atom stereocenters. The molecule has 0 aliphatic carbocycles. The lowest BCUT2D eigenvalue weighted by molar-refractivity contribution is -0.135. The second-order valence-electron chi connectivity index (χ2n) is 5.04. The van der Waals surface area contributed by atoms with E-state index in [0.717, 1.165) is 0 Å². The number of hydrogen-bond donors (Lipinski definition) is 1. The Labute approximate surface area is 122 Å². The van der Waals surface area contributed by atoms with Gasteiger partial charge in [0, 0.05) is 23.2 Å². The van der Waals surface area contributed by atoms with Crippen molar-refractivity contribution >= 4 is 23.2 Å². The summed E-state index contributed by atoms with van der Waals surface area (Å²) in [7, 11) is 0. The first kappa shape index (κ1) is 14.1. The van der Waals surface area contributed by atoms with Crippen LogP contribution >= 0.6 is 11.3 Å². The lowest BCUT2D eigenvalue weighted by atomic mass is 10.0. The van der Waals surface area contributed by atoms with Gasteiger partial charge in [0.05, 0.1) is 5.56 Å². The highest BCUT2D eigenvalue weighted by Gasteiger charge is 2.44. The molecule has 1 fully saturated rings. The van der Waals surface area contributed by atoms with Crippen LogP contribution in [0.2, 0.25) is 0 Å². The maximum absolute atomic E-state index is 12.9. The Morgan fingerprint density at radius 2 is 2.10 bits per heavy atom. The summed E-state index contributed by atoms with van der Waals surface area (Å²) in [6.07, 6.45) is -3.58. The van der Waals surface area contributed by atoms with Crippen molar-refractivity contribution in [2.75, 3.05) is 0 Å². The molecule has 21 heavy (non-hydrogen) atoms. The van der Waals surface area contributed by atoms with Crippen molar-refractivity contribution in [3.63, 3.8) is 0 Å². The molecule has 1 atom stereocenters. The van der Waals surface area contributed by atoms with Gasteiger partial charge in [0.25, 0.3) is 5.91 Å². The van der Waals surface area contributed by atoms with Crippen molar-refractivity contribution in [2.24, 2.45) is 0 Å². The fourth-order valence-corrected chi connectivity index (χ4v) is 3.59. The zero-order chi connectivity index (χ0) is 15.4. The predicted molar refractivity (Wildman–Crippen MR) is 69.5 cm³/mol. The van der Waals surface area contributed by atoms with Gasteiger partial charge in [0.2, 0.25) is 5.91 Å². The SMILES string of the molecule is C=C1CCC(N2Cc3c(csc3C(F)(F)F)C2=O)C(=O)N1. The smallest absolute Gasteiger partial charge is 0.329 e. The first-order valence-electron chi connectivity index (χ1n) is 6.26. The lowest BCUT2D eigenvalue weighted by Crippen LogP contribution is -2.49. The standard InChI is InChI=1S/C13H11F3N2O2S/c1-6-2-3-9(11(19)17-6)18-4-7-8(12(18)20)5-21-10(7)13(14,15)16/h5,9H,1-4H2,(H,17,19). The predicted octanol–water partition coefficient (Wildman–Crippen LogP) is 2.51. The normalized spacial score (nSPS) is 22.5. The number of allylic oxidation sites excluding steroid dienone is 1. The number of nitrogens with zero attached hydrogens (tertiary/aromatic N) is 1. The van der Waals surface area contributed by atoms with Crippen molar-refractivity contribution in [3.8, 4) is 0 Å². The summed E-state index contributed by atoms with van der Waals surface area (Å²) in [6.45, 7) is 3.47. The maximum Gasteiger partial charge on any atom is 0.425 e. The molecule has 0 bridgehead atoms. The van der Waals surface area contributed by atoms with Crippen molar-refractivity contribution in [3.05, 3.63) is 33.7 Å². The molecular formula is C13H11F3N2O2S. The van der Waals surface area contributed by atoms with E-state index in [4.69, 9.17) is 0 Å². The van der Waals surface area contributed by atoms with Crippen molar-refractivity contribution in [2.45, 2.75) is 31.6 Å². The summed E-state index contributed by atoms with van der Waals surface area (Å²) < 4.78 is 38.7. The van der Waals surface area contributed by atoms with Crippen LogP contribution in [0.5, 0.6) is 0 Å². The molecule has 8 heteroatoms. The number of alkyl halides is 3. The number of amides is 2. The fourth-order valence-electron chi connectivity index (χ4n) is 2.66. The number of piperidine rings is 1. The molecule has 0 spiro atoms. The molecule has 0 aromatic carbocycles. The van der Waals surface area contributed by atoms with Gasteiger partial charge in [-0.05, 0) is 12.8 Å². The van der Waals surface area contributed by atoms with Crippen LogP contribution in [-0.2, 0) is 17.5 Å². The highest BCUT2D eigenvalue weighted by atomic mass is 32.1. The first-order chi connectivity index (χ1) is 9.79. The van der Waals surface area contributed by atoms with E-state index in [1.165, 1.54) is 10.3 Å². The van der Waals surface area contributed by atoms with Crippen LogP contribution in [0.1, 0.15) is 33.6 Å². The first-order valence-corrected chi connectivity index (χ1v) is 7.14. The van der Waals surface area contributed by atoms with Crippen LogP contribution in [-0.4, -0.2) is 22.8 Å². The molecule has 0 radical (unpaired) electrons. The van der Waals surface area contributed by atoms with Crippen LogP contribution in [0.25, 0.3) is 0 Å². The zero-order valence-corrected chi connectivity index (χ0v) is 11.6. The third-order valence-electron chi connectivity index (χ3n) is 3.67. The second kappa shape index (κ2) is 4.59. The largest absolute Gasteiger partial charge is 0.425 e. The number of halogens is 3. The second-order valence-corrected chi connectivity index (χ2v) is 5.91. The fraction of sp³-hybridized carbons (Fsp3) is 0.385. The molecule has 1 aromatic heterocycles. The number of nitrogens with one attached hydrogen (secondary N) is 1. The molecule has 1 saturated heterocycles. The Kier molecular flexibility index (Phi) is 3.09. The molecule has 112 valence electrons. The molecule has 1 N–H and O–H groups in total. The topological polar surface area (TPSA) is 49.4 Å². The Balaban J connectivity index is 1.89. The minimum absolute atomic E-state index is 0.0188. The van der Waals surface area contributed by atoms with Crippen molar-refractivity contribution in [1.82, 2.24) is 10.2 Å². The molecule has 4 nitrogen and oxygen atoms in total. The molecule has 1 aromatic rings. The van der Waals surface area contributed by atoms with Gasteiger partial charge in [-0.1, -0.05) is 6.58 Å². The van der Waals surface area contributed by atoms with E-state index in [1.54, 1.807) is 0 Å². The summed E-state index contributed by atoms with van der Waals surface area (Å²) in [6, 6.07) is -0.735. The van der Waals surface area contributed by atoms with Crippen LogP contribution in [0.4, 0.5) is 13.2 Å². The quantitative estimate of drug-likeness (QED) is 0.865. The van der Waals surface area contributed by atoms with Gasteiger partial charge in [-0.15, -0.1) is 11.3 Å². The van der Waals surface area contributed by atoms with Gasteiger partial charge in [-0.3, -0.25) is 9.59 Å². The maximum atomic E-state index is 12.9. The molecule has 2 amide bonds. The Morgan fingerprint density at radius 1 is 1.38 bits per heavy atom. The zero-order valence-electron chi connectivity index (χ0n) is 10.8. The van der Waals surface area contributed by atoms with E-state index in [0.29, 0.717) is 29.9 Å². The van der Waals surface area contributed by atoms with Gasteiger partial charge < -0.3 is 10.2 Å². The number of carbonyl (C=O) groups excluding carboxylic acids is 2. The monoisotopic (exact) mass is 316 g/mol. The van der Waals surface area contributed by atoms with Gasteiger partial charge >= 0.3 is 6.18 Å². The molecule has 0 saturated carbocycles. The van der Waals surface area contributed by atoms with E-state index >= 15 is 0 Å². The highest BCUT2D eigenvalue weighted by molar-refractivity contribution is 7.10. The number of carbonyl (C=O) groups is 2. The Hall–Kier alpha value is -1.83. The van der Waals surface area contributed by atoms with Crippen LogP contribution in [0.3, 0.4) is 0 Å². The van der Waals surface area contributed by atoms with Gasteiger partial charge in [-0.25, -0.2) is 0 Å². The van der Waals surface area contributed by atoms with Crippen molar-refractivity contribution in [1.29, 1.82) is 0 Å². The lowest BCUT2D eigenvalue weighted by Gasteiger charge is -2.31. The molecule has 3 rings (SSSR count). The average Bonchev–Trinajstić information content (AvgIpc) is 2.90. The summed E-state index contributed by atoms with van der Waals surface area (Å²) in [4.78, 5) is 24.6. The summed E-state index contributed by atoms with van der Waals surface area (Å²) in [5, 5.41) is 3.77. The minimum atomic E-state index is -4.47. The summed E-state index contributed by atoms with van der Waals surface area (Å²) >= 11 is 0.525. The van der Waals surface area contributed by atoms with Crippen LogP contribution in [0, 0.1) is 0 Å². The van der Waals surface area contributed by atoms with E-state index in [2.05, 4.69) is 11.9 Å². The number of hydrogen-bond acceptors (Lipinski definition) is 3. The highest BCUT2D eigenvalue weighted by Crippen LogP contribution is 2.42. The number of thiophene rings is 1. The van der Waals surface area contributed by atoms with Crippen LogP contribution < -0.4 is 5.32 Å². The van der Waals surface area contributed by atoms with Crippen LogP contribution in [0.15, 0.2) is 17.7 Å². The van der Waals surface area contributed by atoms with Gasteiger partial charge in [-0.2, -0.15) is 13.2 Å². The van der Waals surface area contributed by atoms with E-state index in [-0.39, 0.29) is 23.6 Å². The molecule has 2 aliphatic rings. The molecular weight excluding hydrogens is 305 g/mol. The third-order valence-corrected chi connectivity index (χ3v) is 4.74. The Bertz CT molecular complexity index is 650. The third kappa shape index (κ3) is 2.23. The summed E-state index contributed by atoms with van der Waals surface area (Å²) in [5.41, 5.74) is 0.604. The number of fused-ring (bicyclic) bond motifs is 1. The van der Waals surface area contributed by atoms with E-state index in [9.17, 15) is 22.8 Å². The molecule has 2 aliphatic heterocycles. The Morgan fingerprint density at radius 3 is 2.71 bits per heavy atom.